The lowest BCUT2D eigenvalue weighted by atomic mass is 10.1. The molecule has 144 valence electrons. The van der Waals surface area contributed by atoms with Gasteiger partial charge in [0.2, 0.25) is 0 Å². The van der Waals surface area contributed by atoms with E-state index < -0.39 is 8.07 Å². The van der Waals surface area contributed by atoms with E-state index in [4.69, 9.17) is 9.47 Å². The molecule has 0 aliphatic heterocycles. The van der Waals surface area contributed by atoms with E-state index >= 15 is 0 Å². The van der Waals surface area contributed by atoms with Crippen LogP contribution < -0.4 is 4.74 Å². The summed E-state index contributed by atoms with van der Waals surface area (Å²) >= 11 is 0. The van der Waals surface area contributed by atoms with Crippen molar-refractivity contribution in [1.82, 2.24) is 19.3 Å². The SMILES string of the molecule is C=CCOc1cnc2c(c1)c(-c1cnn(C)c1)cn2COCC[Si](C)(C)C. The smallest absolute Gasteiger partial charge is 0.142 e. The monoisotopic (exact) mass is 384 g/mol. The minimum absolute atomic E-state index is 0.454. The van der Waals surface area contributed by atoms with Crippen molar-refractivity contribution in [2.24, 2.45) is 7.05 Å². The summed E-state index contributed by atoms with van der Waals surface area (Å²) in [6, 6.07) is 3.17. The highest BCUT2D eigenvalue weighted by Gasteiger charge is 2.15. The second-order valence-corrected chi connectivity index (χ2v) is 13.5. The van der Waals surface area contributed by atoms with Crippen LogP contribution >= 0.6 is 0 Å². The topological polar surface area (TPSA) is 54.1 Å². The van der Waals surface area contributed by atoms with Gasteiger partial charge >= 0.3 is 0 Å². The van der Waals surface area contributed by atoms with E-state index in [9.17, 15) is 0 Å². The van der Waals surface area contributed by atoms with E-state index in [1.807, 2.05) is 25.5 Å². The summed E-state index contributed by atoms with van der Waals surface area (Å²) in [6.07, 6.45) is 9.42. The number of fused-ring (bicyclic) bond motifs is 1. The first-order valence-electron chi connectivity index (χ1n) is 9.17. The molecule has 3 aromatic rings. The maximum absolute atomic E-state index is 5.95. The number of hydrogen-bond acceptors (Lipinski definition) is 4. The minimum atomic E-state index is -1.10. The zero-order valence-electron chi connectivity index (χ0n) is 16.6. The number of aromatic nitrogens is 4. The maximum Gasteiger partial charge on any atom is 0.142 e. The Morgan fingerprint density at radius 3 is 2.70 bits per heavy atom. The quantitative estimate of drug-likeness (QED) is 0.313. The van der Waals surface area contributed by atoms with Gasteiger partial charge in [-0.15, -0.1) is 0 Å². The molecular weight excluding hydrogens is 356 g/mol. The predicted octanol–water partition coefficient (Wildman–Crippen LogP) is 4.31. The molecule has 3 aromatic heterocycles. The summed E-state index contributed by atoms with van der Waals surface area (Å²) in [7, 11) is 0.816. The predicted molar refractivity (Wildman–Crippen MR) is 112 cm³/mol. The van der Waals surface area contributed by atoms with E-state index in [2.05, 4.69) is 47.1 Å². The standard InChI is InChI=1S/C20H28N4O2Si/c1-6-7-26-17-10-18-19(16-11-22-23(2)13-16)14-24(20(18)21-12-17)15-25-8-9-27(3,4)5/h6,10-14H,1,7-9,15H2,2-5H3. The highest BCUT2D eigenvalue weighted by molar-refractivity contribution is 6.76. The van der Waals surface area contributed by atoms with Crippen molar-refractivity contribution >= 4 is 19.1 Å². The van der Waals surface area contributed by atoms with Crippen molar-refractivity contribution < 1.29 is 9.47 Å². The molecule has 6 nitrogen and oxygen atoms in total. The summed E-state index contributed by atoms with van der Waals surface area (Å²) in [5, 5.41) is 5.33. The van der Waals surface area contributed by atoms with Gasteiger partial charge in [0.1, 0.15) is 24.7 Å². The van der Waals surface area contributed by atoms with Crippen molar-refractivity contribution in [3.05, 3.63) is 43.5 Å². The molecule has 0 saturated heterocycles. The average Bonchev–Trinajstić information content (AvgIpc) is 3.19. The van der Waals surface area contributed by atoms with Crippen molar-refractivity contribution in [2.75, 3.05) is 13.2 Å². The van der Waals surface area contributed by atoms with Crippen LogP contribution in [0.5, 0.6) is 5.75 Å². The van der Waals surface area contributed by atoms with Crippen LogP contribution in [0, 0.1) is 0 Å². The molecule has 0 atom stereocenters. The Kier molecular flexibility index (Phi) is 5.81. The van der Waals surface area contributed by atoms with Gasteiger partial charge in [-0.25, -0.2) is 4.98 Å². The van der Waals surface area contributed by atoms with Gasteiger partial charge < -0.3 is 14.0 Å². The molecule has 3 heterocycles. The molecule has 27 heavy (non-hydrogen) atoms. The Morgan fingerprint density at radius 2 is 2.04 bits per heavy atom. The van der Waals surface area contributed by atoms with Gasteiger partial charge in [0, 0.05) is 50.6 Å². The molecule has 0 bridgehead atoms. The minimum Gasteiger partial charge on any atom is -0.488 e. The lowest BCUT2D eigenvalue weighted by Crippen LogP contribution is -2.22. The molecule has 0 spiro atoms. The first-order chi connectivity index (χ1) is 12.9. The number of aryl methyl sites for hydroxylation is 1. The van der Waals surface area contributed by atoms with Crippen molar-refractivity contribution in [3.63, 3.8) is 0 Å². The molecule has 3 rings (SSSR count). The third-order valence-electron chi connectivity index (χ3n) is 4.30. The Hall–Kier alpha value is -2.38. The summed E-state index contributed by atoms with van der Waals surface area (Å²) in [5.41, 5.74) is 3.00. The molecule has 7 heteroatoms. The molecule has 0 unspecified atom stereocenters. The lowest BCUT2D eigenvalue weighted by molar-refractivity contribution is 0.0899. The largest absolute Gasteiger partial charge is 0.488 e. The van der Waals surface area contributed by atoms with Crippen LogP contribution in [0.15, 0.2) is 43.5 Å². The van der Waals surface area contributed by atoms with E-state index in [-0.39, 0.29) is 0 Å². The van der Waals surface area contributed by atoms with Crippen LogP contribution in [-0.2, 0) is 18.5 Å². The molecule has 0 aromatic carbocycles. The fourth-order valence-electron chi connectivity index (χ4n) is 2.82. The fourth-order valence-corrected chi connectivity index (χ4v) is 3.57. The first kappa shape index (κ1) is 19.4. The van der Waals surface area contributed by atoms with Gasteiger partial charge in [0.25, 0.3) is 0 Å². The zero-order valence-corrected chi connectivity index (χ0v) is 17.6. The maximum atomic E-state index is 5.95. The Labute approximate surface area is 161 Å². The Morgan fingerprint density at radius 1 is 1.22 bits per heavy atom. The van der Waals surface area contributed by atoms with Gasteiger partial charge in [0.15, 0.2) is 0 Å². The number of ether oxygens (including phenoxy) is 2. The number of pyridine rings is 1. The van der Waals surface area contributed by atoms with Crippen LogP contribution in [0.3, 0.4) is 0 Å². The van der Waals surface area contributed by atoms with Crippen LogP contribution in [0.1, 0.15) is 0 Å². The molecule has 0 saturated carbocycles. The fraction of sp³-hybridized carbons (Fsp3) is 0.400. The van der Waals surface area contributed by atoms with Crippen LogP contribution in [-0.4, -0.2) is 40.6 Å². The summed E-state index contributed by atoms with van der Waals surface area (Å²) < 4.78 is 15.5. The molecule has 0 radical (unpaired) electrons. The Bertz CT molecular complexity index is 924. The second-order valence-electron chi connectivity index (χ2n) is 7.91. The third-order valence-corrected chi connectivity index (χ3v) is 6.00. The van der Waals surface area contributed by atoms with E-state index in [0.29, 0.717) is 13.3 Å². The molecule has 0 N–H and O–H groups in total. The molecular formula is C20H28N4O2Si. The number of hydrogen-bond donors (Lipinski definition) is 0. The second kappa shape index (κ2) is 8.10. The number of rotatable bonds is 9. The molecule has 0 fully saturated rings. The average molecular weight is 385 g/mol. The summed E-state index contributed by atoms with van der Waals surface area (Å²) in [4.78, 5) is 4.62. The van der Waals surface area contributed by atoms with Crippen molar-refractivity contribution in [2.45, 2.75) is 32.4 Å². The highest BCUT2D eigenvalue weighted by atomic mass is 28.3. The normalized spacial score (nSPS) is 11.9. The van der Waals surface area contributed by atoms with Crippen molar-refractivity contribution in [1.29, 1.82) is 0 Å². The molecule has 0 aliphatic carbocycles. The Balaban J connectivity index is 1.90. The zero-order chi connectivity index (χ0) is 19.4. The molecule has 0 amide bonds. The summed E-state index contributed by atoms with van der Waals surface area (Å²) in [6.45, 7) is 12.5. The van der Waals surface area contributed by atoms with Gasteiger partial charge in [0.05, 0.1) is 12.4 Å². The van der Waals surface area contributed by atoms with Gasteiger partial charge in [-0.2, -0.15) is 5.10 Å². The van der Waals surface area contributed by atoms with E-state index in [0.717, 1.165) is 40.6 Å². The van der Waals surface area contributed by atoms with Crippen molar-refractivity contribution in [3.8, 4) is 16.9 Å². The van der Waals surface area contributed by atoms with Gasteiger partial charge in [-0.1, -0.05) is 32.3 Å². The lowest BCUT2D eigenvalue weighted by Gasteiger charge is -2.15. The van der Waals surface area contributed by atoms with Crippen LogP contribution in [0.2, 0.25) is 25.7 Å². The number of nitrogens with zero attached hydrogens (tertiary/aromatic N) is 4. The van der Waals surface area contributed by atoms with Crippen LogP contribution in [0.25, 0.3) is 22.2 Å². The highest BCUT2D eigenvalue weighted by Crippen LogP contribution is 2.31. The van der Waals surface area contributed by atoms with Gasteiger partial charge in [-0.05, 0) is 12.1 Å². The molecule has 0 aliphatic rings. The summed E-state index contributed by atoms with van der Waals surface area (Å²) in [5.74, 6) is 0.727. The first-order valence-corrected chi connectivity index (χ1v) is 12.9. The van der Waals surface area contributed by atoms with Gasteiger partial charge in [-0.3, -0.25) is 4.68 Å². The van der Waals surface area contributed by atoms with Crippen LogP contribution in [0.4, 0.5) is 0 Å². The third kappa shape index (κ3) is 4.87. The van der Waals surface area contributed by atoms with E-state index in [1.54, 1.807) is 17.0 Å². The van der Waals surface area contributed by atoms with E-state index in [1.165, 1.54) is 0 Å².